The second kappa shape index (κ2) is 4.12. The number of alkyl halides is 2. The molecule has 0 aliphatic carbocycles. The van der Waals surface area contributed by atoms with Crippen molar-refractivity contribution in [2.24, 2.45) is 0 Å². The Morgan fingerprint density at radius 3 is 2.29 bits per heavy atom. The normalized spacial score (nSPS) is 12.1. The van der Waals surface area contributed by atoms with Gasteiger partial charge in [0, 0.05) is 20.7 Å². The van der Waals surface area contributed by atoms with E-state index in [1.807, 2.05) is 0 Å². The standard InChI is InChI=1S/C7H4BrClF2O2S/c8-5-3-4(7(10)11)1-2-6(5)14(9,12)13/h1-3,7H. The van der Waals surface area contributed by atoms with Crippen molar-refractivity contribution in [2.75, 3.05) is 0 Å². The van der Waals surface area contributed by atoms with Crippen LogP contribution in [0.5, 0.6) is 0 Å². The van der Waals surface area contributed by atoms with E-state index in [2.05, 4.69) is 15.9 Å². The number of benzene rings is 1. The van der Waals surface area contributed by atoms with Crippen LogP contribution in [0.3, 0.4) is 0 Å². The van der Waals surface area contributed by atoms with Crippen molar-refractivity contribution < 1.29 is 17.2 Å². The molecule has 0 atom stereocenters. The van der Waals surface area contributed by atoms with Gasteiger partial charge in [-0.15, -0.1) is 0 Å². The third-order valence-electron chi connectivity index (χ3n) is 1.47. The zero-order valence-electron chi connectivity index (χ0n) is 6.55. The first-order valence-electron chi connectivity index (χ1n) is 3.34. The van der Waals surface area contributed by atoms with E-state index in [-0.39, 0.29) is 14.9 Å². The molecule has 0 amide bonds. The quantitative estimate of drug-likeness (QED) is 0.786. The fourth-order valence-electron chi connectivity index (χ4n) is 0.851. The molecule has 0 saturated carbocycles. The van der Waals surface area contributed by atoms with Gasteiger partial charge < -0.3 is 0 Å². The Kier molecular flexibility index (Phi) is 3.49. The Balaban J connectivity index is 3.28. The molecular formula is C7H4BrClF2O2S. The summed E-state index contributed by atoms with van der Waals surface area (Å²) in [5, 5.41) is 0. The van der Waals surface area contributed by atoms with Gasteiger partial charge >= 0.3 is 0 Å². The van der Waals surface area contributed by atoms with Crippen molar-refractivity contribution in [3.8, 4) is 0 Å². The molecule has 1 aromatic carbocycles. The molecule has 1 rings (SSSR count). The fraction of sp³-hybridized carbons (Fsp3) is 0.143. The van der Waals surface area contributed by atoms with Crippen molar-refractivity contribution in [3.63, 3.8) is 0 Å². The van der Waals surface area contributed by atoms with Gasteiger partial charge in [0.25, 0.3) is 15.5 Å². The van der Waals surface area contributed by atoms with Gasteiger partial charge in [0.2, 0.25) is 0 Å². The lowest BCUT2D eigenvalue weighted by molar-refractivity contribution is 0.151. The summed E-state index contributed by atoms with van der Waals surface area (Å²) in [6, 6.07) is 3.08. The van der Waals surface area contributed by atoms with Gasteiger partial charge in [-0.25, -0.2) is 17.2 Å². The third-order valence-corrected chi connectivity index (χ3v) is 3.77. The first-order valence-corrected chi connectivity index (χ1v) is 6.45. The van der Waals surface area contributed by atoms with E-state index in [1.165, 1.54) is 0 Å². The Morgan fingerprint density at radius 1 is 1.36 bits per heavy atom. The zero-order valence-corrected chi connectivity index (χ0v) is 9.70. The summed E-state index contributed by atoms with van der Waals surface area (Å²) in [5.74, 6) is 0. The molecule has 14 heavy (non-hydrogen) atoms. The second-order valence-corrected chi connectivity index (χ2v) is 5.82. The molecule has 0 saturated heterocycles. The molecular weight excluding hydrogens is 301 g/mol. The fourth-order valence-corrected chi connectivity index (χ4v) is 3.09. The zero-order chi connectivity index (χ0) is 10.9. The number of rotatable bonds is 2. The average Bonchev–Trinajstić information content (AvgIpc) is 2.01. The number of hydrogen-bond donors (Lipinski definition) is 0. The summed E-state index contributed by atoms with van der Waals surface area (Å²) in [6.45, 7) is 0. The Bertz CT molecular complexity index is 447. The Morgan fingerprint density at radius 2 is 1.93 bits per heavy atom. The smallest absolute Gasteiger partial charge is 0.207 e. The van der Waals surface area contributed by atoms with E-state index in [9.17, 15) is 17.2 Å². The van der Waals surface area contributed by atoms with Crippen LogP contribution < -0.4 is 0 Å². The molecule has 78 valence electrons. The van der Waals surface area contributed by atoms with Crippen LogP contribution in [-0.4, -0.2) is 8.42 Å². The second-order valence-electron chi connectivity index (χ2n) is 2.43. The first kappa shape index (κ1) is 11.9. The van der Waals surface area contributed by atoms with E-state index in [0.717, 1.165) is 18.2 Å². The summed E-state index contributed by atoms with van der Waals surface area (Å²) >= 11 is 2.85. The van der Waals surface area contributed by atoms with E-state index in [4.69, 9.17) is 10.7 Å². The lowest BCUT2D eigenvalue weighted by Crippen LogP contribution is -1.94. The lowest BCUT2D eigenvalue weighted by atomic mass is 10.2. The van der Waals surface area contributed by atoms with Crippen LogP contribution in [0.1, 0.15) is 12.0 Å². The minimum absolute atomic E-state index is 0.0327. The maximum Gasteiger partial charge on any atom is 0.263 e. The third kappa shape index (κ3) is 2.65. The minimum atomic E-state index is -3.90. The summed E-state index contributed by atoms with van der Waals surface area (Å²) in [6.07, 6.45) is -2.64. The minimum Gasteiger partial charge on any atom is -0.207 e. The average molecular weight is 306 g/mol. The van der Waals surface area contributed by atoms with E-state index in [0.29, 0.717) is 0 Å². The molecule has 0 unspecified atom stereocenters. The van der Waals surface area contributed by atoms with Crippen molar-refractivity contribution in [1.29, 1.82) is 0 Å². The van der Waals surface area contributed by atoms with Crippen LogP contribution in [0.2, 0.25) is 0 Å². The molecule has 0 N–H and O–H groups in total. The lowest BCUT2D eigenvalue weighted by Gasteiger charge is -2.03. The first-order chi connectivity index (χ1) is 6.32. The van der Waals surface area contributed by atoms with Gasteiger partial charge in [-0.3, -0.25) is 0 Å². The summed E-state index contributed by atoms with van der Waals surface area (Å²) < 4.78 is 46.1. The van der Waals surface area contributed by atoms with Crippen LogP contribution in [0, 0.1) is 0 Å². The SMILES string of the molecule is O=S(=O)(Cl)c1ccc(C(F)F)cc1Br. The highest BCUT2D eigenvalue weighted by molar-refractivity contribution is 9.10. The highest BCUT2D eigenvalue weighted by Gasteiger charge is 2.16. The van der Waals surface area contributed by atoms with Crippen LogP contribution >= 0.6 is 26.6 Å². The molecule has 0 bridgehead atoms. The highest BCUT2D eigenvalue weighted by Crippen LogP contribution is 2.29. The van der Waals surface area contributed by atoms with Crippen molar-refractivity contribution in [1.82, 2.24) is 0 Å². The maximum atomic E-state index is 12.2. The van der Waals surface area contributed by atoms with Gasteiger partial charge in [0.15, 0.2) is 0 Å². The van der Waals surface area contributed by atoms with Crippen LogP contribution in [0.15, 0.2) is 27.6 Å². The summed E-state index contributed by atoms with van der Waals surface area (Å²) in [4.78, 5) is -0.219. The highest BCUT2D eigenvalue weighted by atomic mass is 79.9. The number of halogens is 4. The molecule has 0 heterocycles. The van der Waals surface area contributed by atoms with Crippen LogP contribution in [0.4, 0.5) is 8.78 Å². The topological polar surface area (TPSA) is 34.1 Å². The molecule has 1 aromatic rings. The van der Waals surface area contributed by atoms with Crippen LogP contribution in [-0.2, 0) is 9.05 Å². The summed E-state index contributed by atoms with van der Waals surface area (Å²) in [7, 11) is 1.15. The molecule has 2 nitrogen and oxygen atoms in total. The van der Waals surface area contributed by atoms with Gasteiger partial charge in [-0.05, 0) is 28.1 Å². The molecule has 0 aliphatic rings. The molecule has 0 spiro atoms. The Hall–Kier alpha value is -0.200. The molecule has 0 radical (unpaired) electrons. The van der Waals surface area contributed by atoms with Crippen LogP contribution in [0.25, 0.3) is 0 Å². The van der Waals surface area contributed by atoms with Gasteiger partial charge in [-0.2, -0.15) is 0 Å². The summed E-state index contributed by atoms with van der Waals surface area (Å²) in [5.41, 5.74) is -0.263. The van der Waals surface area contributed by atoms with Gasteiger partial charge in [0.1, 0.15) is 0 Å². The number of hydrogen-bond acceptors (Lipinski definition) is 2. The van der Waals surface area contributed by atoms with Crippen molar-refractivity contribution >= 4 is 35.7 Å². The van der Waals surface area contributed by atoms with Crippen molar-refractivity contribution in [3.05, 3.63) is 28.2 Å². The predicted octanol–water partition coefficient (Wildman–Crippen LogP) is 3.31. The largest absolute Gasteiger partial charge is 0.263 e. The van der Waals surface area contributed by atoms with E-state index in [1.54, 1.807) is 0 Å². The molecule has 0 aromatic heterocycles. The van der Waals surface area contributed by atoms with E-state index >= 15 is 0 Å². The van der Waals surface area contributed by atoms with Gasteiger partial charge in [-0.1, -0.05) is 6.07 Å². The Labute approximate surface area is 92.4 Å². The molecule has 0 fully saturated rings. The van der Waals surface area contributed by atoms with E-state index < -0.39 is 15.5 Å². The monoisotopic (exact) mass is 304 g/mol. The van der Waals surface area contributed by atoms with Gasteiger partial charge in [0.05, 0.1) is 4.90 Å². The molecule has 0 aliphatic heterocycles. The predicted molar refractivity (Wildman–Crippen MR) is 52.1 cm³/mol. The maximum absolute atomic E-state index is 12.2. The van der Waals surface area contributed by atoms with Crippen molar-refractivity contribution in [2.45, 2.75) is 11.3 Å². The molecule has 7 heteroatoms.